The maximum Gasteiger partial charge on any atom is 0.534 e. The summed E-state index contributed by atoms with van der Waals surface area (Å²) in [6.07, 6.45) is 1.86. The van der Waals surface area contributed by atoms with E-state index < -0.39 is 17.6 Å². The van der Waals surface area contributed by atoms with Crippen LogP contribution in [-0.2, 0) is 14.3 Å². The number of nitrogens with two attached hydrogens (primary N) is 1. The minimum Gasteiger partial charge on any atom is -0.417 e. The number of primary amides is 1. The van der Waals surface area contributed by atoms with Crippen molar-refractivity contribution in [1.82, 2.24) is 0 Å². The number of amides is 1. The van der Waals surface area contributed by atoms with Crippen molar-refractivity contribution in [2.24, 2.45) is 11.1 Å². The average Bonchev–Trinajstić information content (AvgIpc) is 3.01. The molecule has 1 aliphatic heterocycles. The SMILES string of the molecule is NC(=O)C1(C2=C/CCOC(F)(F)O\C=C\2)CC1. The average molecular weight is 245 g/mol. The van der Waals surface area contributed by atoms with E-state index in [4.69, 9.17) is 5.73 Å². The largest absolute Gasteiger partial charge is 0.534 e. The molecule has 0 aromatic carbocycles. The van der Waals surface area contributed by atoms with Crippen LogP contribution in [0.25, 0.3) is 0 Å². The van der Waals surface area contributed by atoms with Crippen molar-refractivity contribution >= 4 is 5.91 Å². The summed E-state index contributed by atoms with van der Waals surface area (Å²) < 4.78 is 34.0. The Labute approximate surface area is 97.1 Å². The molecule has 4 nitrogen and oxygen atoms in total. The molecule has 0 atom stereocenters. The fourth-order valence-corrected chi connectivity index (χ4v) is 1.84. The van der Waals surface area contributed by atoms with Gasteiger partial charge in [-0.1, -0.05) is 6.08 Å². The molecule has 17 heavy (non-hydrogen) atoms. The van der Waals surface area contributed by atoms with Crippen LogP contribution in [-0.4, -0.2) is 18.8 Å². The van der Waals surface area contributed by atoms with Crippen molar-refractivity contribution < 1.29 is 23.0 Å². The van der Waals surface area contributed by atoms with Gasteiger partial charge in [-0.2, -0.15) is 0 Å². The van der Waals surface area contributed by atoms with Gasteiger partial charge in [0.2, 0.25) is 5.91 Å². The third-order valence-electron chi connectivity index (χ3n) is 2.98. The minimum atomic E-state index is -3.62. The zero-order valence-corrected chi connectivity index (χ0v) is 9.12. The molecule has 0 aromatic rings. The Morgan fingerprint density at radius 1 is 1.41 bits per heavy atom. The fourth-order valence-electron chi connectivity index (χ4n) is 1.84. The van der Waals surface area contributed by atoms with Crippen molar-refractivity contribution in [3.8, 4) is 0 Å². The molecule has 0 radical (unpaired) electrons. The van der Waals surface area contributed by atoms with Crippen LogP contribution in [0.5, 0.6) is 0 Å². The lowest BCUT2D eigenvalue weighted by molar-refractivity contribution is -0.371. The standard InChI is InChI=1S/C11H13F2NO3/c12-11(13)16-6-1-2-8(3-7-17-11)10(4-5-10)9(14)15/h2-3,7H,1,4-6H2,(H2,14,15)/b7-3+,8-2+. The predicted molar refractivity (Wildman–Crippen MR) is 54.7 cm³/mol. The van der Waals surface area contributed by atoms with Crippen LogP contribution in [0.4, 0.5) is 8.78 Å². The molecule has 1 aliphatic carbocycles. The summed E-state index contributed by atoms with van der Waals surface area (Å²) in [5.74, 6) is -0.430. The predicted octanol–water partition coefficient (Wildman–Crippen LogP) is 1.68. The lowest BCUT2D eigenvalue weighted by atomic mass is 9.94. The first-order valence-electron chi connectivity index (χ1n) is 5.33. The number of carbonyl (C=O) groups is 1. The molecule has 0 aromatic heterocycles. The Bertz CT molecular complexity index is 386. The van der Waals surface area contributed by atoms with Crippen molar-refractivity contribution in [2.45, 2.75) is 25.6 Å². The van der Waals surface area contributed by atoms with Crippen LogP contribution in [0, 0.1) is 5.41 Å². The molecular weight excluding hydrogens is 232 g/mol. The van der Waals surface area contributed by atoms with E-state index in [-0.39, 0.29) is 13.0 Å². The number of alkyl halides is 2. The molecule has 1 heterocycles. The third kappa shape index (κ3) is 2.46. The number of halogens is 2. The van der Waals surface area contributed by atoms with Gasteiger partial charge >= 0.3 is 6.29 Å². The quantitative estimate of drug-likeness (QED) is 0.805. The van der Waals surface area contributed by atoms with Gasteiger partial charge in [-0.25, -0.2) is 0 Å². The summed E-state index contributed by atoms with van der Waals surface area (Å²) in [6.45, 7) is -0.174. The second kappa shape index (κ2) is 4.10. The van der Waals surface area contributed by atoms with Crippen molar-refractivity contribution in [3.63, 3.8) is 0 Å². The van der Waals surface area contributed by atoms with Crippen LogP contribution >= 0.6 is 0 Å². The zero-order valence-electron chi connectivity index (χ0n) is 9.12. The Morgan fingerprint density at radius 2 is 2.12 bits per heavy atom. The van der Waals surface area contributed by atoms with Crippen LogP contribution in [0.15, 0.2) is 24.0 Å². The van der Waals surface area contributed by atoms with Crippen LogP contribution in [0.2, 0.25) is 0 Å². The van der Waals surface area contributed by atoms with E-state index in [1.54, 1.807) is 6.08 Å². The van der Waals surface area contributed by atoms with Gasteiger partial charge in [0.25, 0.3) is 0 Å². The second-order valence-electron chi connectivity index (χ2n) is 4.13. The van der Waals surface area contributed by atoms with Gasteiger partial charge in [0.1, 0.15) is 0 Å². The highest BCUT2D eigenvalue weighted by molar-refractivity contribution is 5.88. The van der Waals surface area contributed by atoms with Gasteiger partial charge in [0.15, 0.2) is 0 Å². The maximum absolute atomic E-state index is 12.8. The summed E-state index contributed by atoms with van der Waals surface area (Å²) in [6, 6.07) is 0. The van der Waals surface area contributed by atoms with Crippen LogP contribution < -0.4 is 5.73 Å². The molecule has 2 N–H and O–H groups in total. The van der Waals surface area contributed by atoms with E-state index >= 15 is 0 Å². The number of hydrogen-bond acceptors (Lipinski definition) is 3. The molecule has 2 aliphatic rings. The van der Waals surface area contributed by atoms with E-state index in [1.165, 1.54) is 6.08 Å². The normalized spacial score (nSPS) is 30.8. The number of allylic oxidation sites excluding steroid dienone is 1. The van der Waals surface area contributed by atoms with E-state index in [2.05, 4.69) is 9.47 Å². The van der Waals surface area contributed by atoms with Crippen LogP contribution in [0.3, 0.4) is 0 Å². The van der Waals surface area contributed by atoms with Gasteiger partial charge < -0.3 is 10.5 Å². The highest BCUT2D eigenvalue weighted by Gasteiger charge is 2.50. The smallest absolute Gasteiger partial charge is 0.417 e. The molecule has 0 spiro atoms. The Hall–Kier alpha value is -1.43. The van der Waals surface area contributed by atoms with E-state index in [1.807, 2.05) is 0 Å². The first kappa shape index (κ1) is 12.0. The summed E-state index contributed by atoms with van der Waals surface area (Å²) in [4.78, 5) is 11.3. The summed E-state index contributed by atoms with van der Waals surface area (Å²) in [5, 5.41) is 0. The highest BCUT2D eigenvalue weighted by Crippen LogP contribution is 2.52. The van der Waals surface area contributed by atoms with Crippen molar-refractivity contribution in [3.05, 3.63) is 24.0 Å². The monoisotopic (exact) mass is 245 g/mol. The molecular formula is C11H13F2NO3. The maximum atomic E-state index is 12.8. The number of carbonyl (C=O) groups excluding carboxylic acids is 1. The molecule has 0 saturated heterocycles. The number of ether oxygens (including phenoxy) is 2. The van der Waals surface area contributed by atoms with E-state index in [0.717, 1.165) is 6.26 Å². The molecule has 1 saturated carbocycles. The molecule has 6 heteroatoms. The molecule has 0 unspecified atom stereocenters. The summed E-state index contributed by atoms with van der Waals surface area (Å²) >= 11 is 0. The van der Waals surface area contributed by atoms with Gasteiger partial charge in [0, 0.05) is 0 Å². The molecule has 1 fully saturated rings. The summed E-state index contributed by atoms with van der Waals surface area (Å²) in [5.41, 5.74) is 5.25. The van der Waals surface area contributed by atoms with E-state index in [0.29, 0.717) is 18.4 Å². The van der Waals surface area contributed by atoms with Gasteiger partial charge in [-0.3, -0.25) is 9.53 Å². The zero-order chi connectivity index (χ0) is 12.5. The van der Waals surface area contributed by atoms with Crippen molar-refractivity contribution in [2.75, 3.05) is 6.61 Å². The first-order chi connectivity index (χ1) is 7.96. The fraction of sp³-hybridized carbons (Fsp3) is 0.545. The lowest BCUT2D eigenvalue weighted by Crippen LogP contribution is -2.26. The minimum absolute atomic E-state index is 0.174. The Kier molecular flexibility index (Phi) is 2.91. The van der Waals surface area contributed by atoms with Crippen molar-refractivity contribution in [1.29, 1.82) is 0 Å². The van der Waals surface area contributed by atoms with E-state index in [9.17, 15) is 13.6 Å². The molecule has 94 valence electrons. The number of hydrogen-bond donors (Lipinski definition) is 1. The molecule has 1 amide bonds. The first-order valence-corrected chi connectivity index (χ1v) is 5.33. The third-order valence-corrected chi connectivity index (χ3v) is 2.98. The van der Waals surface area contributed by atoms with Gasteiger partial charge in [0.05, 0.1) is 18.3 Å². The second-order valence-corrected chi connectivity index (χ2v) is 4.13. The summed E-state index contributed by atoms with van der Waals surface area (Å²) in [7, 11) is 0. The number of rotatable bonds is 2. The Balaban J connectivity index is 2.17. The Morgan fingerprint density at radius 3 is 2.71 bits per heavy atom. The van der Waals surface area contributed by atoms with Crippen LogP contribution in [0.1, 0.15) is 19.3 Å². The molecule has 0 bridgehead atoms. The molecule has 2 rings (SSSR count). The van der Waals surface area contributed by atoms with Gasteiger partial charge in [-0.15, -0.1) is 8.78 Å². The van der Waals surface area contributed by atoms with Gasteiger partial charge in [-0.05, 0) is 30.9 Å². The lowest BCUT2D eigenvalue weighted by Gasteiger charge is -2.13. The topological polar surface area (TPSA) is 61.6 Å². The highest BCUT2D eigenvalue weighted by atomic mass is 19.3.